The van der Waals surface area contributed by atoms with Crippen LogP contribution in [0.25, 0.3) is 0 Å². The number of hydrogen-bond donors (Lipinski definition) is 0. The second kappa shape index (κ2) is 13.3. The van der Waals surface area contributed by atoms with Crippen molar-refractivity contribution in [2.75, 3.05) is 28.4 Å². The lowest BCUT2D eigenvalue weighted by Crippen LogP contribution is -2.06. The minimum atomic E-state index is -0.398. The molecule has 0 rings (SSSR count). The molecule has 0 spiro atoms. The molecule has 0 heterocycles. The van der Waals surface area contributed by atoms with Gasteiger partial charge in [-0.2, -0.15) is 0 Å². The first-order valence-corrected chi connectivity index (χ1v) is 5.68. The van der Waals surface area contributed by atoms with Gasteiger partial charge in [0.25, 0.3) is 0 Å². The zero-order valence-electron chi connectivity index (χ0n) is 12.1. The van der Waals surface area contributed by atoms with Crippen molar-refractivity contribution in [2.45, 2.75) is 25.7 Å². The maximum Gasteiger partial charge on any atom is 0.306 e. The fourth-order valence-corrected chi connectivity index (χ4v) is 0.816. The molecular formula is C12H20O8. The normalized spacial score (nSPS) is 8.60. The number of carbonyl (C=O) groups excluding carboxylic acids is 4. The summed E-state index contributed by atoms with van der Waals surface area (Å²) in [5, 5.41) is 0. The van der Waals surface area contributed by atoms with E-state index in [4.69, 9.17) is 0 Å². The highest BCUT2D eigenvalue weighted by Crippen LogP contribution is 1.93. The van der Waals surface area contributed by atoms with Crippen LogP contribution in [0.4, 0.5) is 0 Å². The Balaban J connectivity index is 0. The van der Waals surface area contributed by atoms with E-state index in [0.717, 1.165) is 0 Å². The predicted octanol–water partition coefficient (Wildman–Crippen LogP) is 0.225. The molecule has 8 nitrogen and oxygen atoms in total. The van der Waals surface area contributed by atoms with Crippen LogP contribution < -0.4 is 0 Å². The smallest absolute Gasteiger partial charge is 0.306 e. The van der Waals surface area contributed by atoms with Gasteiger partial charge >= 0.3 is 23.9 Å². The molecule has 0 radical (unpaired) electrons. The zero-order chi connectivity index (χ0) is 16.0. The molecule has 0 aliphatic carbocycles. The van der Waals surface area contributed by atoms with Crippen molar-refractivity contribution in [3.8, 4) is 0 Å². The first-order chi connectivity index (χ1) is 9.40. The average molecular weight is 292 g/mol. The van der Waals surface area contributed by atoms with Crippen LogP contribution in [0.1, 0.15) is 25.7 Å². The Labute approximate surface area is 117 Å². The number of methoxy groups -OCH3 is 4. The van der Waals surface area contributed by atoms with Crippen molar-refractivity contribution in [3.63, 3.8) is 0 Å². The first kappa shape index (κ1) is 20.2. The molecule has 0 saturated carbocycles. The monoisotopic (exact) mass is 292 g/mol. The quantitative estimate of drug-likeness (QED) is 0.506. The second-order valence-electron chi connectivity index (χ2n) is 3.30. The molecule has 116 valence electrons. The molecule has 0 fully saturated rings. The summed E-state index contributed by atoms with van der Waals surface area (Å²) in [6.07, 6.45) is 0.346. The van der Waals surface area contributed by atoms with Gasteiger partial charge in [0.15, 0.2) is 0 Å². The van der Waals surface area contributed by atoms with E-state index in [1.807, 2.05) is 0 Å². The van der Waals surface area contributed by atoms with Crippen LogP contribution >= 0.6 is 0 Å². The van der Waals surface area contributed by atoms with E-state index in [1.165, 1.54) is 28.4 Å². The highest BCUT2D eigenvalue weighted by molar-refractivity contribution is 5.77. The number of carbonyl (C=O) groups is 4. The van der Waals surface area contributed by atoms with Crippen LogP contribution in [-0.4, -0.2) is 52.3 Å². The third-order valence-electron chi connectivity index (χ3n) is 1.98. The van der Waals surface area contributed by atoms with E-state index >= 15 is 0 Å². The number of hydrogen-bond acceptors (Lipinski definition) is 8. The summed E-state index contributed by atoms with van der Waals surface area (Å²) in [5.74, 6) is -1.59. The van der Waals surface area contributed by atoms with Crippen LogP contribution in [0.3, 0.4) is 0 Å². The average Bonchev–Trinajstić information content (AvgIpc) is 2.49. The number of ether oxygens (including phenoxy) is 4. The lowest BCUT2D eigenvalue weighted by Gasteiger charge is -1.96. The van der Waals surface area contributed by atoms with Crippen LogP contribution in [0.2, 0.25) is 0 Å². The summed E-state index contributed by atoms with van der Waals surface area (Å²) in [4.78, 5) is 41.6. The summed E-state index contributed by atoms with van der Waals surface area (Å²) < 4.78 is 17.2. The van der Waals surface area contributed by atoms with Crippen molar-refractivity contribution < 1.29 is 38.1 Å². The molecule has 0 aliphatic rings. The van der Waals surface area contributed by atoms with E-state index in [9.17, 15) is 19.2 Å². The molecule has 8 heteroatoms. The van der Waals surface area contributed by atoms with Gasteiger partial charge in [-0.15, -0.1) is 0 Å². The molecule has 0 aromatic rings. The standard InChI is InChI=1S/2C6H10O4/c2*1-9-5(7)3-4-6(8)10-2/h2*3-4H2,1-2H3. The van der Waals surface area contributed by atoms with Gasteiger partial charge < -0.3 is 18.9 Å². The Morgan fingerprint density at radius 2 is 0.650 bits per heavy atom. The van der Waals surface area contributed by atoms with Crippen molar-refractivity contribution in [1.82, 2.24) is 0 Å². The van der Waals surface area contributed by atoms with Gasteiger partial charge in [-0.25, -0.2) is 0 Å². The summed E-state index contributed by atoms with van der Waals surface area (Å²) in [6.45, 7) is 0. The van der Waals surface area contributed by atoms with Crippen molar-refractivity contribution in [2.24, 2.45) is 0 Å². The lowest BCUT2D eigenvalue weighted by atomic mass is 10.3. The molecule has 0 saturated heterocycles. The van der Waals surface area contributed by atoms with Gasteiger partial charge in [-0.05, 0) is 0 Å². The molecule has 0 unspecified atom stereocenters. The predicted molar refractivity (Wildman–Crippen MR) is 66.5 cm³/mol. The fraction of sp³-hybridized carbons (Fsp3) is 0.667. The third-order valence-corrected chi connectivity index (χ3v) is 1.98. The Bertz CT molecular complexity index is 259. The molecule has 0 aromatic heterocycles. The van der Waals surface area contributed by atoms with E-state index in [0.29, 0.717) is 0 Å². The summed E-state index contributed by atoms with van der Waals surface area (Å²) >= 11 is 0. The van der Waals surface area contributed by atoms with Crippen molar-refractivity contribution in [1.29, 1.82) is 0 Å². The van der Waals surface area contributed by atoms with Gasteiger partial charge in [0.2, 0.25) is 0 Å². The molecule has 0 atom stereocenters. The van der Waals surface area contributed by atoms with Gasteiger partial charge in [-0.3, -0.25) is 19.2 Å². The van der Waals surface area contributed by atoms with Gasteiger partial charge in [-0.1, -0.05) is 0 Å². The van der Waals surface area contributed by atoms with Gasteiger partial charge in [0, 0.05) is 0 Å². The second-order valence-corrected chi connectivity index (χ2v) is 3.30. The number of esters is 4. The third kappa shape index (κ3) is 13.9. The van der Waals surface area contributed by atoms with Gasteiger partial charge in [0.1, 0.15) is 0 Å². The molecule has 0 bridgehead atoms. The molecule has 0 N–H and O–H groups in total. The van der Waals surface area contributed by atoms with E-state index < -0.39 is 23.9 Å². The van der Waals surface area contributed by atoms with Crippen molar-refractivity contribution >= 4 is 23.9 Å². The van der Waals surface area contributed by atoms with E-state index in [-0.39, 0.29) is 25.7 Å². The Morgan fingerprint density at radius 1 is 0.500 bits per heavy atom. The number of rotatable bonds is 6. The van der Waals surface area contributed by atoms with Crippen LogP contribution in [-0.2, 0) is 38.1 Å². The maximum absolute atomic E-state index is 10.4. The lowest BCUT2D eigenvalue weighted by molar-refractivity contribution is -0.147. The largest absolute Gasteiger partial charge is 0.469 e. The Morgan fingerprint density at radius 3 is 0.750 bits per heavy atom. The van der Waals surface area contributed by atoms with Gasteiger partial charge in [0.05, 0.1) is 54.1 Å². The highest BCUT2D eigenvalue weighted by Gasteiger charge is 2.05. The molecule has 20 heavy (non-hydrogen) atoms. The first-order valence-electron chi connectivity index (χ1n) is 5.68. The van der Waals surface area contributed by atoms with E-state index in [1.54, 1.807) is 0 Å². The Kier molecular flexibility index (Phi) is 13.4. The Hall–Kier alpha value is -2.12. The van der Waals surface area contributed by atoms with Crippen LogP contribution in [0.15, 0.2) is 0 Å². The minimum absolute atomic E-state index is 0.0865. The minimum Gasteiger partial charge on any atom is -0.469 e. The van der Waals surface area contributed by atoms with Crippen LogP contribution in [0.5, 0.6) is 0 Å². The summed E-state index contributed by atoms with van der Waals surface area (Å²) in [6, 6.07) is 0. The molecule has 0 aromatic carbocycles. The molecular weight excluding hydrogens is 272 g/mol. The van der Waals surface area contributed by atoms with Crippen LogP contribution in [0, 0.1) is 0 Å². The molecule has 0 aliphatic heterocycles. The zero-order valence-corrected chi connectivity index (χ0v) is 12.1. The maximum atomic E-state index is 10.4. The summed E-state index contributed by atoms with van der Waals surface area (Å²) in [7, 11) is 5.11. The molecule has 0 amide bonds. The van der Waals surface area contributed by atoms with E-state index in [2.05, 4.69) is 18.9 Å². The summed E-state index contributed by atoms with van der Waals surface area (Å²) in [5.41, 5.74) is 0. The fourth-order valence-electron chi connectivity index (χ4n) is 0.816. The van der Waals surface area contributed by atoms with Crippen molar-refractivity contribution in [3.05, 3.63) is 0 Å². The topological polar surface area (TPSA) is 105 Å². The highest BCUT2D eigenvalue weighted by atomic mass is 16.5. The SMILES string of the molecule is COC(=O)CCC(=O)OC.COC(=O)CCC(=O)OC.